The molecule has 0 amide bonds. The van der Waals surface area contributed by atoms with Gasteiger partial charge in [0.2, 0.25) is 0 Å². The van der Waals surface area contributed by atoms with Gasteiger partial charge in [-0.2, -0.15) is 0 Å². The summed E-state index contributed by atoms with van der Waals surface area (Å²) >= 11 is 0. The highest BCUT2D eigenvalue weighted by Gasteiger charge is 2.42. The van der Waals surface area contributed by atoms with Crippen molar-refractivity contribution in [1.82, 2.24) is 5.32 Å². The molecule has 0 fully saturated rings. The number of rotatable bonds is 12. The summed E-state index contributed by atoms with van der Waals surface area (Å²) < 4.78 is 0. The van der Waals surface area contributed by atoms with Gasteiger partial charge in [-0.05, 0) is 37.5 Å². The zero-order valence-corrected chi connectivity index (χ0v) is 18.2. The third-order valence-corrected chi connectivity index (χ3v) is 5.42. The van der Waals surface area contributed by atoms with Crippen molar-refractivity contribution in [2.45, 2.75) is 68.2 Å². The van der Waals surface area contributed by atoms with E-state index in [0.717, 1.165) is 25.7 Å². The highest BCUT2D eigenvalue weighted by molar-refractivity contribution is 6.30. The van der Waals surface area contributed by atoms with E-state index in [1.807, 2.05) is 27.7 Å². The molecular formula is C21H38N2O3. The number of carbonyl (C=O) groups is 3. The Morgan fingerprint density at radius 1 is 1.04 bits per heavy atom. The second kappa shape index (κ2) is 9.54. The Balaban J connectivity index is 5.14. The van der Waals surface area contributed by atoms with Gasteiger partial charge in [-0.15, -0.1) is 0 Å². The first kappa shape index (κ1) is 24.6. The quantitative estimate of drug-likeness (QED) is 0.326. The van der Waals surface area contributed by atoms with Crippen LogP contribution in [0.15, 0.2) is 4.99 Å². The zero-order valence-electron chi connectivity index (χ0n) is 18.2. The number of nitrogens with zero attached hydrogens (tertiary/aromatic N) is 1. The molecule has 1 atom stereocenters. The van der Waals surface area contributed by atoms with Crippen LogP contribution in [-0.4, -0.2) is 43.7 Å². The molecular weight excluding hydrogens is 328 g/mol. The van der Waals surface area contributed by atoms with Crippen molar-refractivity contribution in [1.29, 1.82) is 0 Å². The first-order valence-corrected chi connectivity index (χ1v) is 9.40. The highest BCUT2D eigenvalue weighted by atomic mass is 16.1. The summed E-state index contributed by atoms with van der Waals surface area (Å²) in [6.07, 6.45) is 2.34. The molecule has 0 saturated heterocycles. The van der Waals surface area contributed by atoms with Gasteiger partial charge in [0.15, 0.2) is 6.29 Å². The van der Waals surface area contributed by atoms with Crippen LogP contribution in [0.4, 0.5) is 0 Å². The highest BCUT2D eigenvalue weighted by Crippen LogP contribution is 2.43. The Labute approximate surface area is 159 Å². The van der Waals surface area contributed by atoms with Crippen LogP contribution >= 0.6 is 0 Å². The van der Waals surface area contributed by atoms with E-state index in [2.05, 4.69) is 24.2 Å². The molecule has 0 heterocycles. The van der Waals surface area contributed by atoms with Crippen molar-refractivity contribution in [3.8, 4) is 0 Å². The topological polar surface area (TPSA) is 75.6 Å². The summed E-state index contributed by atoms with van der Waals surface area (Å²) in [7, 11) is 1.63. The zero-order chi connectivity index (χ0) is 20.8. The van der Waals surface area contributed by atoms with Crippen LogP contribution in [0.25, 0.3) is 0 Å². The number of Topliss-reactive ketones (excluding diaryl/α,β-unsaturated/α-hetero) is 2. The average Bonchev–Trinajstić information content (AvgIpc) is 2.45. The molecule has 150 valence electrons. The van der Waals surface area contributed by atoms with Gasteiger partial charge in [-0.1, -0.05) is 41.5 Å². The monoisotopic (exact) mass is 366 g/mol. The number of hydrogen-bond donors (Lipinski definition) is 1. The van der Waals surface area contributed by atoms with Crippen LogP contribution < -0.4 is 5.32 Å². The molecule has 0 bridgehead atoms. The number of nitrogens with one attached hydrogen (secondary N) is 1. The Morgan fingerprint density at radius 2 is 1.54 bits per heavy atom. The molecule has 0 aliphatic rings. The number of ketones is 2. The summed E-state index contributed by atoms with van der Waals surface area (Å²) in [6.45, 7) is 16.7. The van der Waals surface area contributed by atoms with Crippen molar-refractivity contribution < 1.29 is 14.4 Å². The standard InChI is InChI=1S/C21H38N2O3/c1-10-21(8,18(15(2)25)16(3)26)12-19(4,5)13-23-14-20(6,7)17(11-24)22-9/h11,18,23H,10,12-14H2,1-9H3. The van der Waals surface area contributed by atoms with Gasteiger partial charge < -0.3 is 5.32 Å². The van der Waals surface area contributed by atoms with E-state index < -0.39 is 5.92 Å². The smallest absolute Gasteiger partial charge is 0.164 e. The molecule has 0 aromatic heterocycles. The third kappa shape index (κ3) is 6.75. The maximum Gasteiger partial charge on any atom is 0.164 e. The van der Waals surface area contributed by atoms with Crippen LogP contribution in [0.1, 0.15) is 68.2 Å². The molecule has 0 spiro atoms. The van der Waals surface area contributed by atoms with E-state index >= 15 is 0 Å². The van der Waals surface area contributed by atoms with Crippen molar-refractivity contribution in [3.05, 3.63) is 0 Å². The number of aldehydes is 1. The van der Waals surface area contributed by atoms with Crippen molar-refractivity contribution in [2.24, 2.45) is 27.2 Å². The Bertz CT molecular complexity index is 535. The van der Waals surface area contributed by atoms with Crippen molar-refractivity contribution in [3.63, 3.8) is 0 Å². The first-order chi connectivity index (χ1) is 11.8. The SMILES string of the molecule is CCC(C)(CC(C)(C)CNCC(C)(C)C(C=O)=NC)C(C(C)=O)C(C)=O. The molecule has 0 rings (SSSR count). The summed E-state index contributed by atoms with van der Waals surface area (Å²) in [5.41, 5.74) is -0.275. The maximum atomic E-state index is 12.1. The largest absolute Gasteiger partial charge is 0.315 e. The Morgan fingerprint density at radius 3 is 1.88 bits per heavy atom. The molecule has 0 aliphatic carbocycles. The minimum atomic E-state index is -0.558. The van der Waals surface area contributed by atoms with Crippen LogP contribution in [0.5, 0.6) is 0 Å². The number of hydrogen-bond acceptors (Lipinski definition) is 5. The van der Waals surface area contributed by atoms with Gasteiger partial charge in [0.1, 0.15) is 11.6 Å². The van der Waals surface area contributed by atoms with Gasteiger partial charge in [-0.25, -0.2) is 0 Å². The van der Waals surface area contributed by atoms with Crippen LogP contribution in [-0.2, 0) is 14.4 Å². The van der Waals surface area contributed by atoms with E-state index in [1.54, 1.807) is 7.05 Å². The lowest BCUT2D eigenvalue weighted by molar-refractivity contribution is -0.136. The molecule has 0 saturated carbocycles. The normalized spacial score (nSPS) is 15.7. The maximum absolute atomic E-state index is 12.1. The summed E-state index contributed by atoms with van der Waals surface area (Å²) in [4.78, 5) is 39.4. The Hall–Kier alpha value is -1.36. The average molecular weight is 367 g/mol. The molecule has 1 N–H and O–H groups in total. The fraction of sp³-hybridized carbons (Fsp3) is 0.810. The fourth-order valence-electron chi connectivity index (χ4n) is 4.17. The lowest BCUT2D eigenvalue weighted by Crippen LogP contribution is -2.44. The van der Waals surface area contributed by atoms with Gasteiger partial charge in [0.25, 0.3) is 0 Å². The van der Waals surface area contributed by atoms with Gasteiger partial charge in [-0.3, -0.25) is 19.4 Å². The summed E-state index contributed by atoms with van der Waals surface area (Å²) in [5.74, 6) is -0.667. The van der Waals surface area contributed by atoms with Crippen LogP contribution in [0.3, 0.4) is 0 Å². The predicted octanol–water partition coefficient (Wildman–Crippen LogP) is 3.50. The minimum Gasteiger partial charge on any atom is -0.315 e. The number of aliphatic imine (C=N–C) groups is 1. The molecule has 0 aromatic carbocycles. The number of carbonyl (C=O) groups excluding carboxylic acids is 3. The van der Waals surface area contributed by atoms with Crippen LogP contribution in [0.2, 0.25) is 0 Å². The van der Waals surface area contributed by atoms with Gasteiger partial charge in [0.05, 0.1) is 11.6 Å². The van der Waals surface area contributed by atoms with Crippen molar-refractivity contribution in [2.75, 3.05) is 20.1 Å². The van der Waals surface area contributed by atoms with Crippen LogP contribution in [0, 0.1) is 22.2 Å². The molecule has 0 aliphatic heterocycles. The van der Waals surface area contributed by atoms with E-state index in [9.17, 15) is 14.4 Å². The molecule has 0 aromatic rings. The molecule has 1 unspecified atom stereocenters. The summed E-state index contributed by atoms with van der Waals surface area (Å²) in [6, 6.07) is 0. The molecule has 0 radical (unpaired) electrons. The van der Waals surface area contributed by atoms with E-state index in [4.69, 9.17) is 0 Å². The lowest BCUT2D eigenvalue weighted by atomic mass is 9.63. The van der Waals surface area contributed by atoms with E-state index in [1.165, 1.54) is 13.8 Å². The lowest BCUT2D eigenvalue weighted by Gasteiger charge is -2.41. The minimum absolute atomic E-state index is 0.0541. The fourth-order valence-corrected chi connectivity index (χ4v) is 4.17. The molecule has 5 nitrogen and oxygen atoms in total. The third-order valence-electron chi connectivity index (χ3n) is 5.42. The van der Waals surface area contributed by atoms with Gasteiger partial charge >= 0.3 is 0 Å². The second-order valence-corrected chi connectivity index (χ2v) is 9.22. The van der Waals surface area contributed by atoms with Gasteiger partial charge in [0, 0.05) is 25.6 Å². The molecule has 26 heavy (non-hydrogen) atoms. The first-order valence-electron chi connectivity index (χ1n) is 9.40. The van der Waals surface area contributed by atoms with E-state index in [-0.39, 0.29) is 27.8 Å². The molecule has 5 heteroatoms. The van der Waals surface area contributed by atoms with Crippen molar-refractivity contribution >= 4 is 23.6 Å². The van der Waals surface area contributed by atoms with E-state index in [0.29, 0.717) is 12.3 Å². The summed E-state index contributed by atoms with van der Waals surface area (Å²) in [5, 5.41) is 3.45. The predicted molar refractivity (Wildman–Crippen MR) is 108 cm³/mol. The Kier molecular flexibility index (Phi) is 9.04. The second-order valence-electron chi connectivity index (χ2n) is 9.22.